The number of carbonyl (C=O) groups is 2. The van der Waals surface area contributed by atoms with Crippen LogP contribution in [0.15, 0.2) is 42.5 Å². The van der Waals surface area contributed by atoms with Crippen molar-refractivity contribution in [2.24, 2.45) is 0 Å². The van der Waals surface area contributed by atoms with Crippen molar-refractivity contribution in [2.45, 2.75) is 0 Å². The minimum Gasteiger partial charge on any atom is -0.323 e. The third-order valence-corrected chi connectivity index (χ3v) is 3.93. The summed E-state index contributed by atoms with van der Waals surface area (Å²) in [5.41, 5.74) is 1.74. The van der Waals surface area contributed by atoms with E-state index >= 15 is 0 Å². The van der Waals surface area contributed by atoms with Crippen molar-refractivity contribution in [3.8, 4) is 0 Å². The number of urea groups is 1. The molecule has 0 unspecified atom stereocenters. The van der Waals surface area contributed by atoms with Crippen molar-refractivity contribution in [3.05, 3.63) is 52.5 Å². The second-order valence-electron chi connectivity index (χ2n) is 4.71. The van der Waals surface area contributed by atoms with Gasteiger partial charge < -0.3 is 10.6 Å². The molecule has 0 bridgehead atoms. The number of nitrogens with zero attached hydrogens (tertiary/aromatic N) is 1. The normalized spacial score (nSPS) is 13.4. The molecule has 2 aromatic carbocycles. The van der Waals surface area contributed by atoms with Gasteiger partial charge in [-0.05, 0) is 30.3 Å². The minimum absolute atomic E-state index is 0.0514. The lowest BCUT2D eigenvalue weighted by molar-refractivity contribution is -0.115. The van der Waals surface area contributed by atoms with E-state index in [1.54, 1.807) is 42.5 Å². The number of amides is 3. The summed E-state index contributed by atoms with van der Waals surface area (Å²) >= 11 is 11.8. The maximum Gasteiger partial charge on any atom is 0.326 e. The van der Waals surface area contributed by atoms with Crippen LogP contribution in [0.3, 0.4) is 0 Å². The molecule has 0 atom stereocenters. The van der Waals surface area contributed by atoms with Gasteiger partial charge in [-0.2, -0.15) is 0 Å². The van der Waals surface area contributed by atoms with Crippen LogP contribution >= 0.6 is 23.2 Å². The van der Waals surface area contributed by atoms with E-state index in [4.69, 9.17) is 23.2 Å². The molecule has 1 heterocycles. The van der Waals surface area contributed by atoms with Gasteiger partial charge in [0.25, 0.3) is 0 Å². The summed E-state index contributed by atoms with van der Waals surface area (Å²) < 4.78 is 0. The Kier molecular flexibility index (Phi) is 3.92. The highest BCUT2D eigenvalue weighted by Crippen LogP contribution is 2.30. The van der Waals surface area contributed by atoms with E-state index in [0.29, 0.717) is 27.1 Å². The van der Waals surface area contributed by atoms with Gasteiger partial charge >= 0.3 is 6.03 Å². The molecule has 0 fully saturated rings. The first-order valence-electron chi connectivity index (χ1n) is 6.47. The van der Waals surface area contributed by atoms with Crippen LogP contribution in [0.5, 0.6) is 0 Å². The molecule has 0 aromatic heterocycles. The topological polar surface area (TPSA) is 61.4 Å². The van der Waals surface area contributed by atoms with E-state index in [9.17, 15) is 9.59 Å². The Morgan fingerprint density at radius 2 is 1.91 bits per heavy atom. The van der Waals surface area contributed by atoms with E-state index in [1.807, 2.05) is 0 Å². The number of fused-ring (bicyclic) bond motifs is 1. The fourth-order valence-corrected chi connectivity index (χ4v) is 2.48. The highest BCUT2D eigenvalue weighted by atomic mass is 35.5. The summed E-state index contributed by atoms with van der Waals surface area (Å²) in [5, 5.41) is 6.18. The summed E-state index contributed by atoms with van der Waals surface area (Å²) in [6.07, 6.45) is 0. The molecule has 3 amide bonds. The van der Waals surface area contributed by atoms with Crippen LogP contribution in [0.25, 0.3) is 0 Å². The molecule has 0 saturated heterocycles. The quantitative estimate of drug-likeness (QED) is 0.827. The molecule has 5 nitrogen and oxygen atoms in total. The molecule has 3 rings (SSSR count). The molecule has 1 aliphatic heterocycles. The number of halogens is 2. The maximum absolute atomic E-state index is 12.4. The van der Waals surface area contributed by atoms with Gasteiger partial charge in [-0.1, -0.05) is 35.3 Å². The summed E-state index contributed by atoms with van der Waals surface area (Å²) in [5.74, 6) is -0.247. The average Bonchev–Trinajstić information content (AvgIpc) is 2.50. The second kappa shape index (κ2) is 5.87. The van der Waals surface area contributed by atoms with Crippen LogP contribution in [-0.2, 0) is 4.79 Å². The van der Waals surface area contributed by atoms with E-state index in [-0.39, 0.29) is 12.5 Å². The molecule has 0 aliphatic carbocycles. The van der Waals surface area contributed by atoms with E-state index in [0.717, 1.165) is 0 Å². The third-order valence-electron chi connectivity index (χ3n) is 3.19. The number of anilines is 3. The Bertz CT molecular complexity index is 764. The first-order valence-corrected chi connectivity index (χ1v) is 7.22. The molecule has 0 saturated carbocycles. The first-order chi connectivity index (χ1) is 10.5. The molecule has 0 radical (unpaired) electrons. The average molecular weight is 336 g/mol. The van der Waals surface area contributed by atoms with Gasteiger partial charge in [-0.3, -0.25) is 9.69 Å². The second-order valence-corrected chi connectivity index (χ2v) is 5.52. The summed E-state index contributed by atoms with van der Waals surface area (Å²) in [7, 11) is 0. The number of para-hydroxylation sites is 2. The lowest BCUT2D eigenvalue weighted by atomic mass is 10.2. The molecule has 0 spiro atoms. The predicted molar refractivity (Wildman–Crippen MR) is 87.9 cm³/mol. The Morgan fingerprint density at radius 3 is 2.68 bits per heavy atom. The standard InChI is InChI=1S/C15H11Cl2N3O2/c16-10-6-5-9(7-11(10)17)18-15(22)20-8-14(21)19-12-3-1-2-4-13(12)20/h1-7H,8H2,(H,18,22)(H,19,21). The van der Waals surface area contributed by atoms with Crippen LogP contribution in [0.1, 0.15) is 0 Å². The highest BCUT2D eigenvalue weighted by Gasteiger charge is 2.26. The monoisotopic (exact) mass is 335 g/mol. The number of nitrogens with one attached hydrogen (secondary N) is 2. The van der Waals surface area contributed by atoms with Gasteiger partial charge in [0.1, 0.15) is 6.54 Å². The number of carbonyl (C=O) groups excluding carboxylic acids is 2. The molecule has 22 heavy (non-hydrogen) atoms. The smallest absolute Gasteiger partial charge is 0.323 e. The molecule has 2 aromatic rings. The van der Waals surface area contributed by atoms with Gasteiger partial charge in [0.15, 0.2) is 0 Å². The largest absolute Gasteiger partial charge is 0.326 e. The van der Waals surface area contributed by atoms with Crippen molar-refractivity contribution >= 4 is 52.2 Å². The summed E-state index contributed by atoms with van der Waals surface area (Å²) in [6, 6.07) is 11.5. The predicted octanol–water partition coefficient (Wildman–Crippen LogP) is 3.98. The van der Waals surface area contributed by atoms with Crippen molar-refractivity contribution < 1.29 is 9.59 Å². The van der Waals surface area contributed by atoms with Crippen molar-refractivity contribution in [2.75, 3.05) is 22.1 Å². The van der Waals surface area contributed by atoms with Crippen molar-refractivity contribution in [1.29, 1.82) is 0 Å². The maximum atomic E-state index is 12.4. The lowest BCUT2D eigenvalue weighted by Crippen LogP contribution is -2.44. The summed E-state index contributed by atoms with van der Waals surface area (Å²) in [4.78, 5) is 25.5. The highest BCUT2D eigenvalue weighted by molar-refractivity contribution is 6.42. The Balaban J connectivity index is 1.86. The van der Waals surface area contributed by atoms with Crippen LogP contribution in [0, 0.1) is 0 Å². The van der Waals surface area contributed by atoms with Gasteiger partial charge in [-0.15, -0.1) is 0 Å². The SMILES string of the molecule is O=C1CN(C(=O)Nc2ccc(Cl)c(Cl)c2)c2ccccc2N1. The lowest BCUT2D eigenvalue weighted by Gasteiger charge is -2.29. The van der Waals surface area contributed by atoms with E-state index in [1.165, 1.54) is 4.90 Å². The van der Waals surface area contributed by atoms with Crippen LogP contribution < -0.4 is 15.5 Å². The fourth-order valence-electron chi connectivity index (χ4n) is 2.18. The van der Waals surface area contributed by atoms with E-state index in [2.05, 4.69) is 10.6 Å². The van der Waals surface area contributed by atoms with Crippen molar-refractivity contribution in [1.82, 2.24) is 0 Å². The molecule has 1 aliphatic rings. The Hall–Kier alpha value is -2.24. The zero-order valence-corrected chi connectivity index (χ0v) is 12.8. The molecular weight excluding hydrogens is 325 g/mol. The van der Waals surface area contributed by atoms with Gasteiger partial charge in [-0.25, -0.2) is 4.79 Å². The zero-order valence-electron chi connectivity index (χ0n) is 11.3. The van der Waals surface area contributed by atoms with E-state index < -0.39 is 6.03 Å². The van der Waals surface area contributed by atoms with Crippen LogP contribution in [0.4, 0.5) is 21.9 Å². The van der Waals surface area contributed by atoms with Gasteiger partial charge in [0.05, 0.1) is 21.4 Å². The number of rotatable bonds is 1. The number of hydrogen-bond donors (Lipinski definition) is 2. The molecule has 7 heteroatoms. The number of benzene rings is 2. The van der Waals surface area contributed by atoms with Gasteiger partial charge in [0, 0.05) is 5.69 Å². The zero-order chi connectivity index (χ0) is 15.7. The van der Waals surface area contributed by atoms with Gasteiger partial charge in [0.2, 0.25) is 5.91 Å². The Morgan fingerprint density at radius 1 is 1.14 bits per heavy atom. The minimum atomic E-state index is -0.416. The molecule has 2 N–H and O–H groups in total. The van der Waals surface area contributed by atoms with Crippen molar-refractivity contribution in [3.63, 3.8) is 0 Å². The van der Waals surface area contributed by atoms with Crippen LogP contribution in [0.2, 0.25) is 10.0 Å². The Labute approximate surface area is 136 Å². The first kappa shape index (κ1) is 14.7. The van der Waals surface area contributed by atoms with Crippen LogP contribution in [-0.4, -0.2) is 18.5 Å². The summed E-state index contributed by atoms with van der Waals surface area (Å²) in [6.45, 7) is -0.0514. The number of hydrogen-bond acceptors (Lipinski definition) is 2. The molecule has 112 valence electrons. The third kappa shape index (κ3) is 2.86. The molecular formula is C15H11Cl2N3O2. The fraction of sp³-hybridized carbons (Fsp3) is 0.0667.